The van der Waals surface area contributed by atoms with Crippen LogP contribution in [0.15, 0.2) is 16.5 Å². The Balaban J connectivity index is 2.09. The lowest BCUT2D eigenvalue weighted by Crippen LogP contribution is -2.36. The van der Waals surface area contributed by atoms with Gasteiger partial charge in [-0.25, -0.2) is 9.37 Å². The molecule has 0 aliphatic carbocycles. The number of rotatable bonds is 3. The van der Waals surface area contributed by atoms with Gasteiger partial charge in [-0.1, -0.05) is 24.9 Å². The Bertz CT molecular complexity index is 566. The SMILES string of the molecule is CCCC1(c2nc3cc(Cl)c(F)cc3o2)CCCN1. The fraction of sp³-hybridized carbons (Fsp3) is 0.500. The lowest BCUT2D eigenvalue weighted by Gasteiger charge is -2.25. The molecule has 0 spiro atoms. The molecular weight excluding hydrogens is 267 g/mol. The number of nitrogens with zero attached hydrogens (tertiary/aromatic N) is 1. The van der Waals surface area contributed by atoms with Gasteiger partial charge in [-0.2, -0.15) is 0 Å². The lowest BCUT2D eigenvalue weighted by molar-refractivity contribution is 0.279. The van der Waals surface area contributed by atoms with Crippen LogP contribution in [-0.4, -0.2) is 11.5 Å². The molecule has 3 rings (SSSR count). The number of oxazole rings is 1. The quantitative estimate of drug-likeness (QED) is 0.925. The van der Waals surface area contributed by atoms with Gasteiger partial charge in [0.15, 0.2) is 5.58 Å². The highest BCUT2D eigenvalue weighted by Gasteiger charge is 2.39. The van der Waals surface area contributed by atoms with Gasteiger partial charge in [0.2, 0.25) is 5.89 Å². The Morgan fingerprint density at radius 2 is 2.37 bits per heavy atom. The smallest absolute Gasteiger partial charge is 0.215 e. The molecule has 19 heavy (non-hydrogen) atoms. The molecule has 1 aromatic heterocycles. The summed E-state index contributed by atoms with van der Waals surface area (Å²) in [6, 6.07) is 2.83. The summed E-state index contributed by atoms with van der Waals surface area (Å²) in [5, 5.41) is 3.57. The van der Waals surface area contributed by atoms with E-state index in [2.05, 4.69) is 17.2 Å². The third kappa shape index (κ3) is 2.13. The molecule has 0 bridgehead atoms. The van der Waals surface area contributed by atoms with Crippen LogP contribution in [0.3, 0.4) is 0 Å². The van der Waals surface area contributed by atoms with Crippen molar-refractivity contribution in [3.63, 3.8) is 0 Å². The molecule has 1 saturated heterocycles. The number of aromatic nitrogens is 1. The first kappa shape index (κ1) is 12.9. The molecule has 2 aromatic rings. The predicted molar refractivity (Wildman–Crippen MR) is 72.8 cm³/mol. The molecule has 0 amide bonds. The summed E-state index contributed by atoms with van der Waals surface area (Å²) in [7, 11) is 0. The predicted octanol–water partition coefficient (Wildman–Crippen LogP) is 4.00. The van der Waals surface area contributed by atoms with Crippen molar-refractivity contribution in [1.82, 2.24) is 10.3 Å². The van der Waals surface area contributed by atoms with E-state index in [-0.39, 0.29) is 10.6 Å². The van der Waals surface area contributed by atoms with Crippen LogP contribution in [0.4, 0.5) is 4.39 Å². The van der Waals surface area contributed by atoms with Crippen molar-refractivity contribution in [2.45, 2.75) is 38.1 Å². The molecule has 1 atom stereocenters. The summed E-state index contributed by atoms with van der Waals surface area (Å²) in [6.45, 7) is 3.11. The second-order valence-corrected chi connectivity index (χ2v) is 5.52. The van der Waals surface area contributed by atoms with Crippen LogP contribution >= 0.6 is 11.6 Å². The molecule has 2 heterocycles. The average Bonchev–Trinajstić information content (AvgIpc) is 2.98. The van der Waals surface area contributed by atoms with Crippen molar-refractivity contribution in [3.05, 3.63) is 28.9 Å². The van der Waals surface area contributed by atoms with Crippen molar-refractivity contribution in [3.8, 4) is 0 Å². The largest absolute Gasteiger partial charge is 0.439 e. The second kappa shape index (κ2) is 4.76. The molecule has 1 fully saturated rings. The van der Waals surface area contributed by atoms with Crippen LogP contribution in [0.25, 0.3) is 11.1 Å². The van der Waals surface area contributed by atoms with Crippen molar-refractivity contribution in [1.29, 1.82) is 0 Å². The van der Waals surface area contributed by atoms with Crippen LogP contribution in [0, 0.1) is 5.82 Å². The van der Waals surface area contributed by atoms with Crippen molar-refractivity contribution >= 4 is 22.7 Å². The number of halogens is 2. The van der Waals surface area contributed by atoms with Gasteiger partial charge < -0.3 is 9.73 Å². The minimum atomic E-state index is -0.471. The Hall–Kier alpha value is -1.13. The first-order chi connectivity index (χ1) is 9.14. The van der Waals surface area contributed by atoms with Crippen LogP contribution < -0.4 is 5.32 Å². The minimum absolute atomic E-state index is 0.0799. The van der Waals surface area contributed by atoms with Gasteiger partial charge in [0.25, 0.3) is 0 Å². The first-order valence-electron chi connectivity index (χ1n) is 6.66. The monoisotopic (exact) mass is 282 g/mol. The fourth-order valence-electron chi connectivity index (χ4n) is 2.86. The summed E-state index contributed by atoms with van der Waals surface area (Å²) in [6.07, 6.45) is 4.12. The van der Waals surface area contributed by atoms with E-state index >= 15 is 0 Å². The zero-order valence-electron chi connectivity index (χ0n) is 10.8. The molecule has 0 saturated carbocycles. The number of hydrogen-bond donors (Lipinski definition) is 1. The van der Waals surface area contributed by atoms with Gasteiger partial charge in [-0.3, -0.25) is 0 Å². The average molecular weight is 283 g/mol. The molecule has 5 heteroatoms. The first-order valence-corrected chi connectivity index (χ1v) is 7.03. The third-order valence-electron chi connectivity index (χ3n) is 3.76. The fourth-order valence-corrected chi connectivity index (χ4v) is 3.02. The van der Waals surface area contributed by atoms with E-state index in [1.54, 1.807) is 0 Å². The van der Waals surface area contributed by atoms with E-state index in [1.807, 2.05) is 0 Å². The zero-order chi connectivity index (χ0) is 13.5. The molecule has 1 unspecified atom stereocenters. The van der Waals surface area contributed by atoms with Gasteiger partial charge in [-0.05, 0) is 31.9 Å². The van der Waals surface area contributed by atoms with Crippen LogP contribution in [0.1, 0.15) is 38.5 Å². The molecule has 102 valence electrons. The maximum absolute atomic E-state index is 13.4. The molecule has 1 aliphatic rings. The Morgan fingerprint density at radius 3 is 3.05 bits per heavy atom. The highest BCUT2D eigenvalue weighted by atomic mass is 35.5. The topological polar surface area (TPSA) is 38.1 Å². The maximum atomic E-state index is 13.4. The molecule has 1 aromatic carbocycles. The highest BCUT2D eigenvalue weighted by Crippen LogP contribution is 2.36. The molecular formula is C14H16ClFN2O. The van der Waals surface area contributed by atoms with Crippen molar-refractivity contribution in [2.75, 3.05) is 6.54 Å². The molecule has 1 N–H and O–H groups in total. The number of hydrogen-bond acceptors (Lipinski definition) is 3. The van der Waals surface area contributed by atoms with E-state index in [0.29, 0.717) is 17.0 Å². The second-order valence-electron chi connectivity index (χ2n) is 5.12. The minimum Gasteiger partial charge on any atom is -0.439 e. The summed E-state index contributed by atoms with van der Waals surface area (Å²) in [5.74, 6) is 0.185. The zero-order valence-corrected chi connectivity index (χ0v) is 11.6. The maximum Gasteiger partial charge on any atom is 0.215 e. The van der Waals surface area contributed by atoms with Crippen molar-refractivity contribution < 1.29 is 8.81 Å². The van der Waals surface area contributed by atoms with Crippen molar-refractivity contribution in [2.24, 2.45) is 0 Å². The Morgan fingerprint density at radius 1 is 1.53 bits per heavy atom. The van der Waals surface area contributed by atoms with E-state index < -0.39 is 5.82 Å². The third-order valence-corrected chi connectivity index (χ3v) is 4.05. The lowest BCUT2D eigenvalue weighted by atomic mass is 9.92. The summed E-state index contributed by atoms with van der Waals surface area (Å²) in [4.78, 5) is 4.51. The summed E-state index contributed by atoms with van der Waals surface area (Å²) < 4.78 is 19.2. The normalized spacial score (nSPS) is 23.3. The van der Waals surface area contributed by atoms with E-state index in [4.69, 9.17) is 16.0 Å². The summed E-state index contributed by atoms with van der Waals surface area (Å²) in [5.41, 5.74) is 0.878. The van der Waals surface area contributed by atoms with E-state index in [1.165, 1.54) is 12.1 Å². The van der Waals surface area contributed by atoms with Gasteiger partial charge >= 0.3 is 0 Å². The van der Waals surface area contributed by atoms with Gasteiger partial charge in [0.05, 0.1) is 10.6 Å². The molecule has 3 nitrogen and oxygen atoms in total. The van der Waals surface area contributed by atoms with Gasteiger partial charge in [0.1, 0.15) is 11.3 Å². The molecule has 0 radical (unpaired) electrons. The summed E-state index contributed by atoms with van der Waals surface area (Å²) >= 11 is 5.78. The van der Waals surface area contributed by atoms with Crippen LogP contribution in [0.5, 0.6) is 0 Å². The number of benzene rings is 1. The van der Waals surface area contributed by atoms with Crippen LogP contribution in [-0.2, 0) is 5.54 Å². The molecule has 1 aliphatic heterocycles. The van der Waals surface area contributed by atoms with Gasteiger partial charge in [0, 0.05) is 6.07 Å². The standard InChI is InChI=1S/C14H16ClFN2O/c1-2-4-14(5-3-6-17-14)13-18-11-7-9(15)10(16)8-12(11)19-13/h7-8,17H,2-6H2,1H3. The Labute approximate surface area is 116 Å². The van der Waals surface area contributed by atoms with E-state index in [0.717, 1.165) is 32.2 Å². The van der Waals surface area contributed by atoms with Crippen LogP contribution in [0.2, 0.25) is 5.02 Å². The van der Waals surface area contributed by atoms with Gasteiger partial charge in [-0.15, -0.1) is 0 Å². The van der Waals surface area contributed by atoms with E-state index in [9.17, 15) is 4.39 Å². The number of nitrogens with one attached hydrogen (secondary N) is 1. The highest BCUT2D eigenvalue weighted by molar-refractivity contribution is 6.31. The number of fused-ring (bicyclic) bond motifs is 1. The Kier molecular flexibility index (Phi) is 3.23.